The minimum absolute atomic E-state index is 0.0245. The lowest BCUT2D eigenvalue weighted by Crippen LogP contribution is -2.45. The Hall–Kier alpha value is -2.77. The van der Waals surface area contributed by atoms with E-state index >= 15 is 0 Å². The second-order valence-corrected chi connectivity index (χ2v) is 8.80. The molecule has 7 heteroatoms. The van der Waals surface area contributed by atoms with Gasteiger partial charge in [0.1, 0.15) is 6.54 Å². The van der Waals surface area contributed by atoms with Crippen molar-refractivity contribution in [2.45, 2.75) is 45.8 Å². The van der Waals surface area contributed by atoms with E-state index in [4.69, 9.17) is 12.2 Å². The van der Waals surface area contributed by atoms with Gasteiger partial charge in [-0.3, -0.25) is 19.4 Å². The highest BCUT2D eigenvalue weighted by Gasteiger charge is 2.21. The van der Waals surface area contributed by atoms with E-state index in [2.05, 4.69) is 51.6 Å². The molecule has 1 aromatic heterocycles. The van der Waals surface area contributed by atoms with Gasteiger partial charge in [0.25, 0.3) is 0 Å². The topological polar surface area (TPSA) is 66.0 Å². The lowest BCUT2D eigenvalue weighted by molar-refractivity contribution is -0.122. The maximum Gasteiger partial charge on any atom is 0.240 e. The largest absolute Gasteiger partial charge is 0.352 e. The smallest absolute Gasteiger partial charge is 0.240 e. The third kappa shape index (κ3) is 5.48. The van der Waals surface area contributed by atoms with Gasteiger partial charge in [-0.1, -0.05) is 53.6 Å². The summed E-state index contributed by atoms with van der Waals surface area (Å²) in [6.45, 7) is 7.26. The highest BCUT2D eigenvalue weighted by atomic mass is 32.1. The predicted octanol–water partition coefficient (Wildman–Crippen LogP) is 4.01. The molecule has 2 aromatic carbocycles. The SMILES string of the molecule is Cc1cccc(CN2CCC(NC(=O)Cn3c(-c4cccc(C)c4)n[nH]c3=S)CC2)c1. The Balaban J connectivity index is 1.32. The lowest BCUT2D eigenvalue weighted by Gasteiger charge is -2.32. The number of piperidine rings is 1. The van der Waals surface area contributed by atoms with Crippen molar-refractivity contribution in [1.29, 1.82) is 0 Å². The average molecular weight is 436 g/mol. The molecule has 4 rings (SSSR count). The number of benzene rings is 2. The zero-order chi connectivity index (χ0) is 21.8. The molecule has 0 saturated carbocycles. The highest BCUT2D eigenvalue weighted by molar-refractivity contribution is 7.71. The number of aromatic nitrogens is 3. The van der Waals surface area contributed by atoms with Crippen molar-refractivity contribution in [2.75, 3.05) is 13.1 Å². The van der Waals surface area contributed by atoms with Gasteiger partial charge in [-0.05, 0) is 50.5 Å². The van der Waals surface area contributed by atoms with Gasteiger partial charge in [0, 0.05) is 31.2 Å². The first-order valence-electron chi connectivity index (χ1n) is 10.8. The van der Waals surface area contributed by atoms with E-state index in [1.165, 1.54) is 11.1 Å². The third-order valence-corrected chi connectivity index (χ3v) is 6.09. The maximum atomic E-state index is 12.8. The molecule has 0 radical (unpaired) electrons. The van der Waals surface area contributed by atoms with Gasteiger partial charge in [-0.15, -0.1) is 0 Å². The van der Waals surface area contributed by atoms with E-state index in [1.54, 1.807) is 4.57 Å². The molecule has 1 aliphatic rings. The summed E-state index contributed by atoms with van der Waals surface area (Å²) in [5, 5.41) is 10.4. The van der Waals surface area contributed by atoms with Crippen LogP contribution in [-0.4, -0.2) is 44.7 Å². The fraction of sp³-hybridized carbons (Fsp3) is 0.375. The molecule has 0 bridgehead atoms. The molecule has 0 spiro atoms. The summed E-state index contributed by atoms with van der Waals surface area (Å²) in [6, 6.07) is 16.9. The summed E-state index contributed by atoms with van der Waals surface area (Å²) >= 11 is 5.37. The first-order chi connectivity index (χ1) is 15.0. The van der Waals surface area contributed by atoms with E-state index in [1.807, 2.05) is 31.2 Å². The third-order valence-electron chi connectivity index (χ3n) is 5.78. The number of nitrogens with zero attached hydrogens (tertiary/aromatic N) is 3. The highest BCUT2D eigenvalue weighted by Crippen LogP contribution is 2.19. The number of carbonyl (C=O) groups excluding carboxylic acids is 1. The molecule has 0 aliphatic carbocycles. The van der Waals surface area contributed by atoms with Crippen molar-refractivity contribution in [2.24, 2.45) is 0 Å². The molecule has 162 valence electrons. The summed E-state index contributed by atoms with van der Waals surface area (Å²) in [6.07, 6.45) is 1.91. The van der Waals surface area contributed by atoms with E-state index in [0.29, 0.717) is 10.6 Å². The Bertz CT molecular complexity index is 1110. The first-order valence-corrected chi connectivity index (χ1v) is 11.2. The summed E-state index contributed by atoms with van der Waals surface area (Å²) in [5.74, 6) is 0.667. The van der Waals surface area contributed by atoms with Crippen molar-refractivity contribution in [3.8, 4) is 11.4 Å². The Morgan fingerprint density at radius 2 is 1.84 bits per heavy atom. The molecular formula is C24H29N5OS. The number of hydrogen-bond acceptors (Lipinski definition) is 4. The monoisotopic (exact) mass is 435 g/mol. The number of rotatable bonds is 6. The number of H-pyrrole nitrogens is 1. The van der Waals surface area contributed by atoms with Gasteiger partial charge < -0.3 is 5.32 Å². The number of hydrogen-bond donors (Lipinski definition) is 2. The Morgan fingerprint density at radius 1 is 1.13 bits per heavy atom. The van der Waals surface area contributed by atoms with Crippen molar-refractivity contribution >= 4 is 18.1 Å². The first kappa shape index (κ1) is 21.5. The Labute approximate surface area is 188 Å². The van der Waals surface area contributed by atoms with Crippen LogP contribution in [0.4, 0.5) is 0 Å². The number of likely N-dealkylation sites (tertiary alicyclic amines) is 1. The minimum Gasteiger partial charge on any atom is -0.352 e. The molecule has 0 unspecified atom stereocenters. The van der Waals surface area contributed by atoms with Crippen LogP contribution in [0.3, 0.4) is 0 Å². The van der Waals surface area contributed by atoms with Gasteiger partial charge in [0.2, 0.25) is 5.91 Å². The van der Waals surface area contributed by atoms with Crippen LogP contribution in [0.15, 0.2) is 48.5 Å². The van der Waals surface area contributed by atoms with Gasteiger partial charge in [0.05, 0.1) is 0 Å². The van der Waals surface area contributed by atoms with Gasteiger partial charge in [0.15, 0.2) is 10.6 Å². The predicted molar refractivity (Wildman–Crippen MR) is 125 cm³/mol. The Morgan fingerprint density at radius 3 is 2.55 bits per heavy atom. The van der Waals surface area contributed by atoms with Crippen molar-refractivity contribution < 1.29 is 4.79 Å². The maximum absolute atomic E-state index is 12.8. The van der Waals surface area contributed by atoms with Crippen molar-refractivity contribution in [3.63, 3.8) is 0 Å². The second-order valence-electron chi connectivity index (χ2n) is 8.41. The molecule has 3 aromatic rings. The molecule has 1 amide bonds. The summed E-state index contributed by atoms with van der Waals surface area (Å²) in [5.41, 5.74) is 4.73. The molecule has 2 heterocycles. The van der Waals surface area contributed by atoms with Crippen LogP contribution in [0.1, 0.15) is 29.5 Å². The van der Waals surface area contributed by atoms with Crippen LogP contribution in [0.5, 0.6) is 0 Å². The molecule has 6 nitrogen and oxygen atoms in total. The molecule has 1 fully saturated rings. The van der Waals surface area contributed by atoms with Crippen LogP contribution < -0.4 is 5.32 Å². The molecular weight excluding hydrogens is 406 g/mol. The molecule has 1 saturated heterocycles. The molecule has 31 heavy (non-hydrogen) atoms. The van der Waals surface area contributed by atoms with Gasteiger partial charge in [-0.2, -0.15) is 5.10 Å². The van der Waals surface area contributed by atoms with E-state index in [9.17, 15) is 4.79 Å². The van der Waals surface area contributed by atoms with Crippen LogP contribution >= 0.6 is 12.2 Å². The lowest BCUT2D eigenvalue weighted by atomic mass is 10.0. The number of aryl methyl sites for hydroxylation is 2. The average Bonchev–Trinajstić information content (AvgIpc) is 3.10. The van der Waals surface area contributed by atoms with Gasteiger partial charge in [-0.25, -0.2) is 0 Å². The Kier molecular flexibility index (Phi) is 6.63. The number of carbonyl (C=O) groups is 1. The molecule has 0 atom stereocenters. The summed E-state index contributed by atoms with van der Waals surface area (Å²) in [7, 11) is 0. The summed E-state index contributed by atoms with van der Waals surface area (Å²) < 4.78 is 2.23. The van der Waals surface area contributed by atoms with E-state index in [0.717, 1.165) is 43.6 Å². The van der Waals surface area contributed by atoms with Crippen LogP contribution in [0, 0.1) is 18.6 Å². The standard InChI is InChI=1S/C24H29N5OS/c1-17-5-3-7-19(13-17)15-28-11-9-21(10-12-28)25-22(30)16-29-23(26-27-24(29)31)20-8-4-6-18(2)14-20/h3-8,13-14,21H,9-12,15-16H2,1-2H3,(H,25,30)(H,27,31). The number of nitrogens with one attached hydrogen (secondary N) is 2. The normalized spacial score (nSPS) is 15.2. The fourth-order valence-electron chi connectivity index (χ4n) is 4.19. The van der Waals surface area contributed by atoms with Crippen LogP contribution in [0.25, 0.3) is 11.4 Å². The summed E-state index contributed by atoms with van der Waals surface area (Å²) in [4.78, 5) is 15.2. The van der Waals surface area contributed by atoms with Gasteiger partial charge >= 0.3 is 0 Å². The number of aromatic amines is 1. The number of amides is 1. The van der Waals surface area contributed by atoms with Crippen LogP contribution in [0.2, 0.25) is 0 Å². The fourth-order valence-corrected chi connectivity index (χ4v) is 4.39. The molecule has 1 aliphatic heterocycles. The zero-order valence-electron chi connectivity index (χ0n) is 18.1. The minimum atomic E-state index is -0.0245. The molecule has 2 N–H and O–H groups in total. The van der Waals surface area contributed by atoms with Crippen molar-refractivity contribution in [3.05, 3.63) is 70.0 Å². The van der Waals surface area contributed by atoms with Crippen molar-refractivity contribution in [1.82, 2.24) is 25.0 Å². The van der Waals surface area contributed by atoms with E-state index in [-0.39, 0.29) is 18.5 Å². The zero-order valence-corrected chi connectivity index (χ0v) is 18.9. The quantitative estimate of drug-likeness (QED) is 0.574. The van der Waals surface area contributed by atoms with Crippen LogP contribution in [-0.2, 0) is 17.9 Å². The second kappa shape index (κ2) is 9.58. The van der Waals surface area contributed by atoms with E-state index < -0.39 is 0 Å².